The summed E-state index contributed by atoms with van der Waals surface area (Å²) in [5.74, 6) is 2.11. The quantitative estimate of drug-likeness (QED) is 0.475. The highest BCUT2D eigenvalue weighted by Gasteiger charge is 2.31. The summed E-state index contributed by atoms with van der Waals surface area (Å²) >= 11 is 0. The number of fused-ring (bicyclic) bond motifs is 1. The largest absolute Gasteiger partial charge is 0.454 e. The Morgan fingerprint density at radius 1 is 1.06 bits per heavy atom. The van der Waals surface area contributed by atoms with Gasteiger partial charge in [-0.15, -0.1) is 0 Å². The molecule has 1 atom stereocenters. The Bertz CT molecular complexity index is 1160. The second-order valence-electron chi connectivity index (χ2n) is 9.96. The molecular weight excluding hydrogens is 443 g/mol. The van der Waals surface area contributed by atoms with Crippen LogP contribution in [0.2, 0.25) is 0 Å². The zero-order chi connectivity index (χ0) is 24.4. The number of likely N-dealkylation sites (N-methyl/N-ethyl adjacent to an activating group) is 1. The normalized spacial score (nSPS) is 17.3. The maximum absolute atomic E-state index is 14.6. The number of aryl methyl sites for hydroxylation is 2. The Labute approximate surface area is 207 Å². The molecule has 2 aromatic carbocycles. The molecule has 0 saturated carbocycles. The number of hydrogen-bond donors (Lipinski definition) is 0. The number of para-hydroxylation sites is 1. The lowest BCUT2D eigenvalue weighted by Gasteiger charge is -2.40. The van der Waals surface area contributed by atoms with Gasteiger partial charge in [0.05, 0.1) is 5.69 Å². The molecule has 0 N–H and O–H groups in total. The molecule has 7 heteroatoms. The van der Waals surface area contributed by atoms with E-state index in [1.807, 2.05) is 36.0 Å². The zero-order valence-corrected chi connectivity index (χ0v) is 20.9. The number of benzene rings is 2. The highest BCUT2D eigenvalue weighted by Crippen LogP contribution is 2.37. The van der Waals surface area contributed by atoms with Crippen LogP contribution in [0.4, 0.5) is 4.39 Å². The third-order valence-electron chi connectivity index (χ3n) is 7.54. The summed E-state index contributed by atoms with van der Waals surface area (Å²) in [5, 5.41) is 4.51. The topological polar surface area (TPSA) is 42.8 Å². The van der Waals surface area contributed by atoms with Gasteiger partial charge in [-0.1, -0.05) is 30.3 Å². The van der Waals surface area contributed by atoms with Gasteiger partial charge in [-0.25, -0.2) is 4.39 Å². The summed E-state index contributed by atoms with van der Waals surface area (Å²) in [6, 6.07) is 13.6. The van der Waals surface area contributed by atoms with Gasteiger partial charge >= 0.3 is 0 Å². The van der Waals surface area contributed by atoms with Crippen molar-refractivity contribution in [3.05, 3.63) is 76.9 Å². The van der Waals surface area contributed by atoms with Gasteiger partial charge in [0.25, 0.3) is 0 Å². The van der Waals surface area contributed by atoms with Crippen molar-refractivity contribution in [2.45, 2.75) is 45.3 Å². The standard InChI is InChI=1S/C28H35FN4O2/c1-20-24(17-32(3)30-20)16-31(2)26(15-22-7-4-5-9-25(22)29)21-11-13-33(14-12-21)18-23-8-6-10-27-28(23)35-19-34-27/h4-10,17,21,26H,11-16,18-19H2,1-3H3/t26-/m1/s1. The minimum absolute atomic E-state index is 0.110. The molecule has 1 aromatic heterocycles. The molecule has 0 radical (unpaired) electrons. The van der Waals surface area contributed by atoms with E-state index in [2.05, 4.69) is 41.1 Å². The fraction of sp³-hybridized carbons (Fsp3) is 0.464. The van der Waals surface area contributed by atoms with Crippen LogP contribution in [-0.2, 0) is 26.6 Å². The van der Waals surface area contributed by atoms with Crippen LogP contribution in [0.3, 0.4) is 0 Å². The number of piperidine rings is 1. The maximum Gasteiger partial charge on any atom is 0.231 e. The smallest absolute Gasteiger partial charge is 0.231 e. The third kappa shape index (κ3) is 5.36. The lowest BCUT2D eigenvalue weighted by atomic mass is 9.84. The molecule has 186 valence electrons. The minimum atomic E-state index is -0.110. The van der Waals surface area contributed by atoms with Crippen molar-refractivity contribution in [3.8, 4) is 11.5 Å². The first-order chi connectivity index (χ1) is 17.0. The average Bonchev–Trinajstić information content (AvgIpc) is 3.45. The van der Waals surface area contributed by atoms with Crippen molar-refractivity contribution < 1.29 is 13.9 Å². The van der Waals surface area contributed by atoms with Gasteiger partial charge in [0.1, 0.15) is 5.82 Å². The molecule has 0 spiro atoms. The molecule has 35 heavy (non-hydrogen) atoms. The van der Waals surface area contributed by atoms with Crippen molar-refractivity contribution in [1.29, 1.82) is 0 Å². The number of halogens is 1. The molecule has 0 bridgehead atoms. The summed E-state index contributed by atoms with van der Waals surface area (Å²) in [7, 11) is 4.14. The SMILES string of the molecule is Cc1nn(C)cc1CN(C)[C@H](Cc1ccccc1F)C1CCN(Cc2cccc3c2OCO3)CC1. The molecule has 2 aliphatic rings. The molecule has 1 saturated heterocycles. The molecule has 1 fully saturated rings. The maximum atomic E-state index is 14.6. The van der Waals surface area contributed by atoms with Crippen LogP contribution >= 0.6 is 0 Å². The van der Waals surface area contributed by atoms with Gasteiger partial charge in [-0.3, -0.25) is 14.5 Å². The summed E-state index contributed by atoms with van der Waals surface area (Å²) in [4.78, 5) is 4.91. The monoisotopic (exact) mass is 478 g/mol. The highest BCUT2D eigenvalue weighted by atomic mass is 19.1. The summed E-state index contributed by atoms with van der Waals surface area (Å²) in [6.07, 6.45) is 4.98. The lowest BCUT2D eigenvalue weighted by Crippen LogP contribution is -2.45. The van der Waals surface area contributed by atoms with Gasteiger partial charge in [-0.2, -0.15) is 5.10 Å². The van der Waals surface area contributed by atoms with Crippen molar-refractivity contribution >= 4 is 0 Å². The fourth-order valence-electron chi connectivity index (χ4n) is 5.61. The van der Waals surface area contributed by atoms with Crippen LogP contribution in [0.5, 0.6) is 11.5 Å². The van der Waals surface area contributed by atoms with Crippen LogP contribution in [0, 0.1) is 18.7 Å². The molecule has 6 nitrogen and oxygen atoms in total. The molecule has 3 aromatic rings. The zero-order valence-electron chi connectivity index (χ0n) is 20.9. The second kappa shape index (κ2) is 10.4. The number of hydrogen-bond acceptors (Lipinski definition) is 5. The Hall–Kier alpha value is -2.90. The lowest BCUT2D eigenvalue weighted by molar-refractivity contribution is 0.0942. The molecular formula is C28H35FN4O2. The van der Waals surface area contributed by atoms with Crippen LogP contribution in [0.15, 0.2) is 48.7 Å². The first-order valence-electron chi connectivity index (χ1n) is 12.5. The van der Waals surface area contributed by atoms with Gasteiger partial charge in [-0.05, 0) is 69.9 Å². The first kappa shape index (κ1) is 23.8. The number of nitrogens with zero attached hydrogens (tertiary/aromatic N) is 4. The van der Waals surface area contributed by atoms with Crippen LogP contribution in [-0.4, -0.2) is 52.6 Å². The number of ether oxygens (including phenoxy) is 2. The van der Waals surface area contributed by atoms with Gasteiger partial charge in [0, 0.05) is 43.5 Å². The van der Waals surface area contributed by atoms with E-state index in [0.29, 0.717) is 19.1 Å². The molecule has 3 heterocycles. The van der Waals surface area contributed by atoms with E-state index in [9.17, 15) is 4.39 Å². The van der Waals surface area contributed by atoms with E-state index in [1.165, 1.54) is 11.1 Å². The molecule has 5 rings (SSSR count). The fourth-order valence-corrected chi connectivity index (χ4v) is 5.61. The summed E-state index contributed by atoms with van der Waals surface area (Å²) < 4.78 is 27.8. The van der Waals surface area contributed by atoms with Crippen LogP contribution in [0.25, 0.3) is 0 Å². The van der Waals surface area contributed by atoms with E-state index >= 15 is 0 Å². The Kier molecular flexibility index (Phi) is 7.07. The van der Waals surface area contributed by atoms with Crippen molar-refractivity contribution in [2.24, 2.45) is 13.0 Å². The Morgan fingerprint density at radius 2 is 1.83 bits per heavy atom. The highest BCUT2D eigenvalue weighted by molar-refractivity contribution is 5.48. The first-order valence-corrected chi connectivity index (χ1v) is 12.5. The summed E-state index contributed by atoms with van der Waals surface area (Å²) in [6.45, 7) is 6.07. The van der Waals surface area contributed by atoms with E-state index in [-0.39, 0.29) is 11.9 Å². The molecule has 0 unspecified atom stereocenters. The van der Waals surface area contributed by atoms with Crippen LogP contribution in [0.1, 0.15) is 35.2 Å². The summed E-state index contributed by atoms with van der Waals surface area (Å²) in [5.41, 5.74) is 4.27. The third-order valence-corrected chi connectivity index (χ3v) is 7.54. The Morgan fingerprint density at radius 3 is 2.57 bits per heavy atom. The molecule has 0 aliphatic carbocycles. The molecule has 2 aliphatic heterocycles. The van der Waals surface area contributed by atoms with Crippen LogP contribution < -0.4 is 9.47 Å². The van der Waals surface area contributed by atoms with Crippen molar-refractivity contribution in [2.75, 3.05) is 26.9 Å². The predicted octanol–water partition coefficient (Wildman–Crippen LogP) is 4.55. The van der Waals surface area contributed by atoms with E-state index in [0.717, 1.165) is 61.8 Å². The van der Waals surface area contributed by atoms with E-state index in [4.69, 9.17) is 9.47 Å². The Balaban J connectivity index is 1.28. The van der Waals surface area contributed by atoms with Crippen molar-refractivity contribution in [3.63, 3.8) is 0 Å². The second-order valence-corrected chi connectivity index (χ2v) is 9.96. The number of likely N-dealkylation sites (tertiary alicyclic amines) is 1. The van der Waals surface area contributed by atoms with Gasteiger partial charge in [0.15, 0.2) is 11.5 Å². The van der Waals surface area contributed by atoms with Crippen molar-refractivity contribution in [1.82, 2.24) is 19.6 Å². The van der Waals surface area contributed by atoms with E-state index in [1.54, 1.807) is 12.1 Å². The number of aromatic nitrogens is 2. The molecule has 0 amide bonds. The average molecular weight is 479 g/mol. The van der Waals surface area contributed by atoms with Gasteiger partial charge in [0.2, 0.25) is 6.79 Å². The number of rotatable bonds is 8. The van der Waals surface area contributed by atoms with E-state index < -0.39 is 0 Å². The minimum Gasteiger partial charge on any atom is -0.454 e. The van der Waals surface area contributed by atoms with Gasteiger partial charge < -0.3 is 9.47 Å². The predicted molar refractivity (Wildman–Crippen MR) is 134 cm³/mol.